The van der Waals surface area contributed by atoms with Gasteiger partial charge in [-0.2, -0.15) is 0 Å². The fraction of sp³-hybridized carbons (Fsp3) is 0.0943. The Morgan fingerprint density at radius 1 is 0.750 bits per heavy atom. The number of hydrogen-bond acceptors (Lipinski definition) is 3. The largest absolute Gasteiger partial charge is 0.301 e. The van der Waals surface area contributed by atoms with E-state index in [1.54, 1.807) is 6.21 Å². The van der Waals surface area contributed by atoms with Crippen LogP contribution in [-0.4, -0.2) is 17.0 Å². The van der Waals surface area contributed by atoms with Gasteiger partial charge in [-0.1, -0.05) is 176 Å². The molecule has 6 rings (SSSR count). The first-order chi connectivity index (χ1) is 27.7. The summed E-state index contributed by atoms with van der Waals surface area (Å²) in [4.78, 5) is 11.8. The average Bonchev–Trinajstić information content (AvgIpc) is 3.22. The summed E-state index contributed by atoms with van der Waals surface area (Å²) < 4.78 is 0. The van der Waals surface area contributed by atoms with Gasteiger partial charge in [0.25, 0.3) is 0 Å². The van der Waals surface area contributed by atoms with Gasteiger partial charge in [-0.05, 0) is 94.8 Å². The molecular formula is C53H47N3. The lowest BCUT2D eigenvalue weighted by Gasteiger charge is -2.27. The van der Waals surface area contributed by atoms with Gasteiger partial charge in [0.1, 0.15) is 5.84 Å². The van der Waals surface area contributed by atoms with Crippen LogP contribution < -0.4 is 0 Å². The van der Waals surface area contributed by atoms with Crippen LogP contribution in [0.1, 0.15) is 44.7 Å². The second-order valence-electron chi connectivity index (χ2n) is 12.9. The van der Waals surface area contributed by atoms with Crippen LogP contribution in [0.4, 0.5) is 0 Å². The lowest BCUT2D eigenvalue weighted by atomic mass is 9.85. The van der Waals surface area contributed by atoms with Crippen LogP contribution in [0.5, 0.6) is 0 Å². The van der Waals surface area contributed by atoms with Crippen LogP contribution in [0.2, 0.25) is 0 Å². The SMILES string of the molecule is C=CC(=C\C=C/C)/C1=C\C/C=C\C=C/CC#CN=C/C=C2/C=C\C=C\N1C(c1ccc(-c3c4ccccc4c(C(/C=C\C=C\C)=C/C)c4ccccc34)cc1)=N2. The van der Waals surface area contributed by atoms with Gasteiger partial charge in [0.05, 0.1) is 11.4 Å². The molecule has 0 atom stereocenters. The van der Waals surface area contributed by atoms with Crippen molar-refractivity contribution < 1.29 is 0 Å². The van der Waals surface area contributed by atoms with Gasteiger partial charge in [0.15, 0.2) is 0 Å². The quantitative estimate of drug-likeness (QED) is 0.101. The van der Waals surface area contributed by atoms with Crippen LogP contribution in [0.25, 0.3) is 38.2 Å². The molecule has 0 saturated heterocycles. The minimum Gasteiger partial charge on any atom is -0.301 e. The molecule has 0 saturated carbocycles. The predicted molar refractivity (Wildman–Crippen MR) is 244 cm³/mol. The van der Waals surface area contributed by atoms with Gasteiger partial charge >= 0.3 is 0 Å². The van der Waals surface area contributed by atoms with E-state index < -0.39 is 0 Å². The fourth-order valence-electron chi connectivity index (χ4n) is 6.79. The van der Waals surface area contributed by atoms with Crippen LogP contribution in [0.15, 0.2) is 222 Å². The maximum atomic E-state index is 5.29. The summed E-state index contributed by atoms with van der Waals surface area (Å²) in [6.45, 7) is 10.4. The van der Waals surface area contributed by atoms with Gasteiger partial charge in [0, 0.05) is 30.4 Å². The highest BCUT2D eigenvalue weighted by Crippen LogP contribution is 2.42. The summed E-state index contributed by atoms with van der Waals surface area (Å²) in [6.07, 6.45) is 42.2. The molecule has 0 fully saturated rings. The Balaban J connectivity index is 1.56. The molecule has 0 unspecified atom stereocenters. The Morgan fingerprint density at radius 3 is 2.14 bits per heavy atom. The van der Waals surface area contributed by atoms with Crippen molar-refractivity contribution >= 4 is 39.2 Å². The lowest BCUT2D eigenvalue weighted by Crippen LogP contribution is -2.27. The first-order valence-corrected chi connectivity index (χ1v) is 19.1. The molecule has 3 nitrogen and oxygen atoms in total. The van der Waals surface area contributed by atoms with Crippen molar-refractivity contribution in [2.75, 3.05) is 0 Å². The minimum atomic E-state index is 0.628. The van der Waals surface area contributed by atoms with Crippen molar-refractivity contribution in [2.45, 2.75) is 33.6 Å². The third kappa shape index (κ3) is 9.19. The highest BCUT2D eigenvalue weighted by molar-refractivity contribution is 6.19. The molecule has 3 heteroatoms. The number of nitrogens with zero attached hydrogens (tertiary/aromatic N) is 3. The van der Waals surface area contributed by atoms with Gasteiger partial charge in [-0.25, -0.2) is 9.98 Å². The van der Waals surface area contributed by atoms with Crippen molar-refractivity contribution in [2.24, 2.45) is 9.98 Å². The molecule has 0 radical (unpaired) electrons. The van der Waals surface area contributed by atoms with Gasteiger partial charge in [-0.3, -0.25) is 0 Å². The lowest BCUT2D eigenvalue weighted by molar-refractivity contribution is 0.698. The van der Waals surface area contributed by atoms with E-state index in [1.165, 1.54) is 38.2 Å². The molecule has 274 valence electrons. The highest BCUT2D eigenvalue weighted by Gasteiger charge is 2.21. The fourth-order valence-corrected chi connectivity index (χ4v) is 6.79. The van der Waals surface area contributed by atoms with Crippen molar-refractivity contribution in [1.29, 1.82) is 0 Å². The van der Waals surface area contributed by atoms with Crippen molar-refractivity contribution in [3.8, 4) is 23.1 Å². The predicted octanol–water partition coefficient (Wildman–Crippen LogP) is 13.7. The molecule has 4 aromatic carbocycles. The Bertz CT molecular complexity index is 2500. The second kappa shape index (κ2) is 19.9. The summed E-state index contributed by atoms with van der Waals surface area (Å²) in [6, 6.07) is 29.2. The Labute approximate surface area is 332 Å². The van der Waals surface area contributed by atoms with E-state index in [-0.39, 0.29) is 0 Å². The average molecular weight is 726 g/mol. The second-order valence-corrected chi connectivity index (χ2v) is 12.9. The number of fused-ring (bicyclic) bond motifs is 4. The maximum Gasteiger partial charge on any atom is 0.145 e. The van der Waals surface area contributed by atoms with E-state index in [2.05, 4.69) is 169 Å². The van der Waals surface area contributed by atoms with Crippen LogP contribution in [-0.2, 0) is 0 Å². The molecule has 56 heavy (non-hydrogen) atoms. The first-order valence-electron chi connectivity index (χ1n) is 19.1. The third-order valence-electron chi connectivity index (χ3n) is 9.38. The van der Waals surface area contributed by atoms with Crippen LogP contribution >= 0.6 is 0 Å². The molecule has 0 amide bonds. The van der Waals surface area contributed by atoms with E-state index >= 15 is 0 Å². The molecule has 2 bridgehead atoms. The molecule has 0 aromatic heterocycles. The number of amidine groups is 1. The summed E-state index contributed by atoms with van der Waals surface area (Å²) in [5.74, 6) is 3.84. The zero-order valence-corrected chi connectivity index (χ0v) is 32.4. The van der Waals surface area contributed by atoms with Gasteiger partial charge in [0.2, 0.25) is 0 Å². The molecule has 2 heterocycles. The highest BCUT2D eigenvalue weighted by atomic mass is 15.2. The summed E-state index contributed by atoms with van der Waals surface area (Å²) >= 11 is 0. The summed E-state index contributed by atoms with van der Waals surface area (Å²) in [5, 5.41) is 4.86. The first kappa shape index (κ1) is 38.7. The van der Waals surface area contributed by atoms with E-state index in [1.807, 2.05) is 68.5 Å². The third-order valence-corrected chi connectivity index (χ3v) is 9.38. The monoisotopic (exact) mass is 725 g/mol. The van der Waals surface area contributed by atoms with E-state index in [9.17, 15) is 0 Å². The van der Waals surface area contributed by atoms with Gasteiger partial charge in [-0.15, -0.1) is 0 Å². The Kier molecular flexibility index (Phi) is 13.7. The minimum absolute atomic E-state index is 0.628. The van der Waals surface area contributed by atoms with Gasteiger partial charge < -0.3 is 4.90 Å². The van der Waals surface area contributed by atoms with E-state index in [4.69, 9.17) is 4.99 Å². The van der Waals surface area contributed by atoms with Crippen LogP contribution in [0, 0.1) is 12.0 Å². The maximum absolute atomic E-state index is 5.29. The molecule has 0 N–H and O–H groups in total. The number of hydrogen-bond donors (Lipinski definition) is 0. The van der Waals surface area contributed by atoms with Crippen molar-refractivity contribution in [3.63, 3.8) is 0 Å². The smallest absolute Gasteiger partial charge is 0.145 e. The summed E-state index contributed by atoms with van der Waals surface area (Å²) in [5.41, 5.74) is 8.43. The normalized spacial score (nSPS) is 19.8. The zero-order valence-electron chi connectivity index (χ0n) is 32.4. The van der Waals surface area contributed by atoms with E-state index in [0.717, 1.165) is 33.9 Å². The van der Waals surface area contributed by atoms with Crippen molar-refractivity contribution in [3.05, 3.63) is 223 Å². The number of benzene rings is 4. The molecule has 0 aliphatic carbocycles. The molecular weight excluding hydrogens is 679 g/mol. The topological polar surface area (TPSA) is 28.0 Å². The molecule has 4 aromatic rings. The summed E-state index contributed by atoms with van der Waals surface area (Å²) in [7, 11) is 0. The van der Waals surface area contributed by atoms with Crippen LogP contribution in [0.3, 0.4) is 0 Å². The molecule has 2 aliphatic heterocycles. The van der Waals surface area contributed by atoms with Crippen molar-refractivity contribution in [1.82, 2.24) is 4.90 Å². The number of allylic oxidation sites excluding steroid dienone is 19. The van der Waals surface area contributed by atoms with E-state index in [0.29, 0.717) is 12.8 Å². The number of rotatable bonds is 8. The molecule has 0 spiro atoms. The Hall–Kier alpha value is -7.02. The standard InChI is InChI=1S/C53H47N3/c1-5-9-16-26-42(8-4)51-46-28-18-20-30-48(46)52(49-31-21-19-29-47(49)51)43-33-35-44(36-34-43)53-55-45-27-22-24-40-56(53)50(41(7-3)25-10-6-2)32-17-14-12-11-13-15-23-38-54-39-37-45/h5-14,16,18-22,24-37,39-40H,3,15,17H2,1-2,4H3/b9-5+,10-6-,13-11-,14-12-,26-16-,27-22-,40-24+,41-25+,42-8+,45-37-,50-32+,54-39?,55-53?. The number of aliphatic imine (C=N–C) groups is 2. The Morgan fingerprint density at radius 2 is 1.45 bits per heavy atom. The molecule has 2 aliphatic rings. The zero-order chi connectivity index (χ0) is 39.0.